The first-order chi connectivity index (χ1) is 21.3. The maximum Gasteiger partial charge on any atom is 0.338 e. The molecular formula is C31H26N4O7S2. The number of thiazole rings is 1. The summed E-state index contributed by atoms with van der Waals surface area (Å²) in [6.45, 7) is 1.65. The number of hydrogen-bond donors (Lipinski definition) is 1. The molecule has 0 radical (unpaired) electrons. The van der Waals surface area contributed by atoms with Crippen LogP contribution in [0, 0.1) is 5.92 Å². The number of aromatic nitrogens is 2. The van der Waals surface area contributed by atoms with Crippen LogP contribution in [0.2, 0.25) is 0 Å². The summed E-state index contributed by atoms with van der Waals surface area (Å²) in [6, 6.07) is 16.5. The van der Waals surface area contributed by atoms with Crippen LogP contribution in [0.15, 0.2) is 82.9 Å². The molecule has 1 fully saturated rings. The van der Waals surface area contributed by atoms with Crippen molar-refractivity contribution < 1.29 is 28.7 Å². The summed E-state index contributed by atoms with van der Waals surface area (Å²) in [5.74, 6) is -2.59. The van der Waals surface area contributed by atoms with Gasteiger partial charge in [-0.1, -0.05) is 29.2 Å². The zero-order valence-electron chi connectivity index (χ0n) is 23.6. The smallest absolute Gasteiger partial charge is 0.338 e. The van der Waals surface area contributed by atoms with Crippen LogP contribution in [0.1, 0.15) is 33.6 Å². The highest BCUT2D eigenvalue weighted by Gasteiger charge is 2.56. The number of ether oxygens (including phenoxy) is 2. The number of methoxy groups -OCH3 is 1. The molecule has 3 atom stereocenters. The molecule has 1 N–H and O–H groups in total. The Kier molecular flexibility index (Phi) is 8.06. The van der Waals surface area contributed by atoms with Crippen molar-refractivity contribution in [3.05, 3.63) is 98.7 Å². The highest BCUT2D eigenvalue weighted by atomic mass is 32.2. The highest BCUT2D eigenvalue weighted by Crippen LogP contribution is 2.53. The average Bonchev–Trinajstić information content (AvgIpc) is 3.48. The van der Waals surface area contributed by atoms with E-state index in [4.69, 9.17) is 9.47 Å². The Bertz CT molecular complexity index is 1800. The number of benzene rings is 2. The summed E-state index contributed by atoms with van der Waals surface area (Å²) in [7, 11) is 1.55. The van der Waals surface area contributed by atoms with Crippen LogP contribution in [-0.4, -0.2) is 52.2 Å². The fraction of sp³-hybridized carbons (Fsp3) is 0.226. The summed E-state index contributed by atoms with van der Waals surface area (Å²) in [5, 5.41) is 2.41. The number of thioether (sulfide) groups is 1. The Morgan fingerprint density at radius 3 is 2.41 bits per heavy atom. The van der Waals surface area contributed by atoms with Crippen molar-refractivity contribution in [2.75, 3.05) is 23.9 Å². The number of carbonyl (C=O) groups is 4. The third-order valence-electron chi connectivity index (χ3n) is 7.40. The van der Waals surface area contributed by atoms with E-state index in [0.29, 0.717) is 38.2 Å². The molecule has 4 heterocycles. The minimum Gasteiger partial charge on any atom is -0.497 e. The first-order valence-corrected chi connectivity index (χ1v) is 15.4. The van der Waals surface area contributed by atoms with E-state index in [0.717, 1.165) is 28.0 Å². The van der Waals surface area contributed by atoms with E-state index in [1.807, 2.05) is 6.07 Å². The molecule has 2 aliphatic rings. The minimum absolute atomic E-state index is 0.221. The first-order valence-electron chi connectivity index (χ1n) is 13.7. The lowest BCUT2D eigenvalue weighted by molar-refractivity contribution is -0.122. The molecule has 2 unspecified atom stereocenters. The molecule has 13 heteroatoms. The number of esters is 1. The van der Waals surface area contributed by atoms with Crippen molar-refractivity contribution in [2.24, 2.45) is 5.92 Å². The van der Waals surface area contributed by atoms with Crippen molar-refractivity contribution in [3.63, 3.8) is 0 Å². The van der Waals surface area contributed by atoms with Gasteiger partial charge in [0.15, 0.2) is 0 Å². The second kappa shape index (κ2) is 12.1. The molecule has 0 saturated carbocycles. The highest BCUT2D eigenvalue weighted by molar-refractivity contribution is 8.00. The third kappa shape index (κ3) is 5.28. The lowest BCUT2D eigenvalue weighted by Crippen LogP contribution is -2.33. The molecule has 2 aromatic carbocycles. The quantitative estimate of drug-likeness (QED) is 0.227. The number of anilines is 2. The van der Waals surface area contributed by atoms with Crippen LogP contribution >= 0.6 is 23.1 Å². The topological polar surface area (TPSA) is 137 Å². The SMILES string of the molecule is CCOC(=O)c1ccc(N2C(=O)C3Sc4c(sc(=O)n4CC(=O)Nc4ccc(OC)cc4)[C@@H](c4cccnc4)C3C2=O)cc1. The number of hydrogen-bond acceptors (Lipinski definition) is 10. The lowest BCUT2D eigenvalue weighted by Gasteiger charge is -2.30. The summed E-state index contributed by atoms with van der Waals surface area (Å²) < 4.78 is 11.6. The monoisotopic (exact) mass is 630 g/mol. The normalized spacial score (nSPS) is 18.9. The second-order valence-electron chi connectivity index (χ2n) is 10.0. The molecular weight excluding hydrogens is 604 g/mol. The molecule has 44 heavy (non-hydrogen) atoms. The molecule has 224 valence electrons. The van der Waals surface area contributed by atoms with E-state index in [-0.39, 0.29) is 18.0 Å². The van der Waals surface area contributed by atoms with Crippen LogP contribution in [0.3, 0.4) is 0 Å². The predicted molar refractivity (Wildman–Crippen MR) is 164 cm³/mol. The average molecular weight is 631 g/mol. The molecule has 11 nitrogen and oxygen atoms in total. The summed E-state index contributed by atoms with van der Waals surface area (Å²) >= 11 is 2.08. The van der Waals surface area contributed by atoms with Crippen molar-refractivity contribution in [3.8, 4) is 5.75 Å². The molecule has 2 aliphatic heterocycles. The van der Waals surface area contributed by atoms with Gasteiger partial charge >= 0.3 is 10.8 Å². The standard InChI is InChI=1S/C31H26N4O7S2/c1-3-42-30(39)17-6-10-20(11-7-17)35-27(37)24-23(18-5-4-14-32-15-18)26-29(43-25(24)28(35)38)34(31(40)44-26)16-22(36)33-19-8-12-21(41-2)13-9-19/h4-15,23-25H,3,16H2,1-2H3,(H,33,36)/t23-,24?,25?/m0/s1. The predicted octanol–water partition coefficient (Wildman–Crippen LogP) is 3.92. The number of fused-ring (bicyclic) bond motifs is 2. The van der Waals surface area contributed by atoms with Gasteiger partial charge in [-0.05, 0) is 67.1 Å². The largest absolute Gasteiger partial charge is 0.497 e. The molecule has 2 aromatic heterocycles. The van der Waals surface area contributed by atoms with E-state index in [9.17, 15) is 24.0 Å². The van der Waals surface area contributed by atoms with Crippen LogP contribution in [0.5, 0.6) is 5.75 Å². The van der Waals surface area contributed by atoms with Crippen LogP contribution in [-0.2, 0) is 25.7 Å². The van der Waals surface area contributed by atoms with Gasteiger partial charge in [-0.3, -0.25) is 28.7 Å². The number of amides is 3. The van der Waals surface area contributed by atoms with Gasteiger partial charge in [-0.2, -0.15) is 0 Å². The molecule has 1 saturated heterocycles. The number of pyridine rings is 1. The van der Waals surface area contributed by atoms with Crippen molar-refractivity contribution >= 4 is 58.2 Å². The first kappa shape index (κ1) is 29.3. The number of rotatable bonds is 8. The Labute approximate surface area is 259 Å². The van der Waals surface area contributed by atoms with Gasteiger partial charge in [0.2, 0.25) is 17.7 Å². The van der Waals surface area contributed by atoms with Crippen LogP contribution < -0.4 is 19.8 Å². The van der Waals surface area contributed by atoms with Crippen molar-refractivity contribution in [1.29, 1.82) is 0 Å². The zero-order chi connectivity index (χ0) is 31.0. The van der Waals surface area contributed by atoms with Gasteiger partial charge in [-0.15, -0.1) is 0 Å². The molecule has 4 aromatic rings. The second-order valence-corrected chi connectivity index (χ2v) is 12.1. The molecule has 0 spiro atoms. The summed E-state index contributed by atoms with van der Waals surface area (Å²) in [5.41, 5.74) is 1.84. The van der Waals surface area contributed by atoms with Gasteiger partial charge < -0.3 is 14.8 Å². The summed E-state index contributed by atoms with van der Waals surface area (Å²) in [6.07, 6.45) is 3.23. The van der Waals surface area contributed by atoms with Crippen LogP contribution in [0.25, 0.3) is 0 Å². The van der Waals surface area contributed by atoms with Gasteiger partial charge in [0, 0.05) is 28.9 Å². The fourth-order valence-corrected chi connectivity index (χ4v) is 8.18. The van der Waals surface area contributed by atoms with E-state index >= 15 is 0 Å². The van der Waals surface area contributed by atoms with Crippen LogP contribution in [0.4, 0.5) is 11.4 Å². The van der Waals surface area contributed by atoms with E-state index in [2.05, 4.69) is 10.3 Å². The Morgan fingerprint density at radius 2 is 1.75 bits per heavy atom. The molecule has 0 aliphatic carbocycles. The van der Waals surface area contributed by atoms with Crippen molar-refractivity contribution in [2.45, 2.75) is 29.7 Å². The number of carbonyl (C=O) groups excluding carboxylic acids is 4. The third-order valence-corrected chi connectivity index (χ3v) is 10.0. The number of nitrogens with one attached hydrogen (secondary N) is 1. The van der Waals surface area contributed by atoms with Gasteiger partial charge in [0.05, 0.1) is 35.9 Å². The van der Waals surface area contributed by atoms with Gasteiger partial charge in [0.25, 0.3) is 0 Å². The molecule has 0 bridgehead atoms. The maximum absolute atomic E-state index is 14.0. The summed E-state index contributed by atoms with van der Waals surface area (Å²) in [4.78, 5) is 72.0. The van der Waals surface area contributed by atoms with Crippen molar-refractivity contribution in [1.82, 2.24) is 9.55 Å². The zero-order valence-corrected chi connectivity index (χ0v) is 25.2. The maximum atomic E-state index is 14.0. The Balaban J connectivity index is 1.34. The Hall–Kier alpha value is -4.75. The van der Waals surface area contributed by atoms with Gasteiger partial charge in [0.1, 0.15) is 17.5 Å². The number of nitrogens with zero attached hydrogens (tertiary/aromatic N) is 3. The van der Waals surface area contributed by atoms with E-state index in [1.54, 1.807) is 68.9 Å². The molecule has 6 rings (SSSR count). The molecule has 3 amide bonds. The fourth-order valence-electron chi connectivity index (χ4n) is 5.41. The minimum atomic E-state index is -0.852. The van der Waals surface area contributed by atoms with Gasteiger partial charge in [-0.25, -0.2) is 9.69 Å². The lowest BCUT2D eigenvalue weighted by atomic mass is 9.84. The Morgan fingerprint density at radius 1 is 1.00 bits per heavy atom. The number of imide groups is 1. The van der Waals surface area contributed by atoms with E-state index < -0.39 is 40.8 Å². The van der Waals surface area contributed by atoms with E-state index in [1.165, 1.54) is 16.7 Å².